The molecule has 0 aromatic heterocycles. The van der Waals surface area contributed by atoms with Crippen LogP contribution in [0.2, 0.25) is 0 Å². The van der Waals surface area contributed by atoms with Crippen molar-refractivity contribution in [1.82, 2.24) is 16.0 Å². The molecule has 0 rings (SSSR count). The molecule has 0 aliphatic carbocycles. The van der Waals surface area contributed by atoms with Crippen LogP contribution in [0.25, 0.3) is 0 Å². The Morgan fingerprint density at radius 2 is 1.10 bits per heavy atom. The largest absolute Gasteiger partial charge is 0.481 e. The van der Waals surface area contributed by atoms with Gasteiger partial charge in [-0.1, -0.05) is 0 Å². The summed E-state index contributed by atoms with van der Waals surface area (Å²) in [4.78, 5) is 79.5. The summed E-state index contributed by atoms with van der Waals surface area (Å²) in [6, 6.07) is -5.86. The lowest BCUT2D eigenvalue weighted by Crippen LogP contribution is -2.57. The fraction of sp³-hybridized carbons (Fsp3) is 0.619. The van der Waals surface area contributed by atoms with E-state index in [2.05, 4.69) is 25.9 Å². The van der Waals surface area contributed by atoms with Crippen LogP contribution < -0.4 is 44.6 Å². The highest BCUT2D eigenvalue weighted by atomic mass is 16.4. The number of aliphatic carboxylic acids is 3. The number of hydrogen-bond donors (Lipinski definition) is 11. The van der Waals surface area contributed by atoms with Crippen molar-refractivity contribution in [2.75, 3.05) is 13.1 Å². The summed E-state index contributed by atoms with van der Waals surface area (Å²) in [6.07, 6.45) is -1.50. The molecule has 0 bridgehead atoms. The first kappa shape index (κ1) is 35.3. The molecule has 19 nitrogen and oxygen atoms in total. The Hall–Kier alpha value is -4.68. The molecule has 0 aromatic carbocycles. The number of hydrogen-bond acceptors (Lipinski definition) is 9. The summed E-state index contributed by atoms with van der Waals surface area (Å²) < 4.78 is 0. The molecule has 0 radical (unpaired) electrons. The maximum Gasteiger partial charge on any atom is 0.326 e. The van der Waals surface area contributed by atoms with Gasteiger partial charge < -0.3 is 59.9 Å². The van der Waals surface area contributed by atoms with Crippen LogP contribution in [-0.2, 0) is 28.8 Å². The zero-order valence-electron chi connectivity index (χ0n) is 21.7. The number of carboxylic acid groups (broad SMARTS) is 3. The van der Waals surface area contributed by atoms with E-state index in [9.17, 15) is 39.0 Å². The van der Waals surface area contributed by atoms with E-state index in [4.69, 9.17) is 33.8 Å². The van der Waals surface area contributed by atoms with Gasteiger partial charge in [-0.15, -0.1) is 0 Å². The molecule has 0 fully saturated rings. The van der Waals surface area contributed by atoms with E-state index in [1.165, 1.54) is 0 Å². The number of carbonyl (C=O) groups is 6. The molecule has 0 saturated carbocycles. The number of amides is 3. The Morgan fingerprint density at radius 1 is 0.625 bits per heavy atom. The summed E-state index contributed by atoms with van der Waals surface area (Å²) in [7, 11) is 0. The highest BCUT2D eigenvalue weighted by molar-refractivity contribution is 5.95. The van der Waals surface area contributed by atoms with Gasteiger partial charge in [0.2, 0.25) is 17.7 Å². The molecule has 19 heteroatoms. The van der Waals surface area contributed by atoms with E-state index in [1.807, 2.05) is 0 Å². The second kappa shape index (κ2) is 18.6. The van der Waals surface area contributed by atoms with Crippen LogP contribution in [0.3, 0.4) is 0 Å². The molecule has 0 saturated heterocycles. The maximum absolute atomic E-state index is 12.9. The number of carbonyl (C=O) groups excluding carboxylic acids is 3. The Morgan fingerprint density at radius 3 is 1.57 bits per heavy atom. The van der Waals surface area contributed by atoms with Crippen molar-refractivity contribution in [2.45, 2.75) is 69.1 Å². The predicted octanol–water partition coefficient (Wildman–Crippen LogP) is -4.70. The monoisotopic (exact) mass is 574 g/mol. The zero-order chi connectivity index (χ0) is 30.8. The summed E-state index contributed by atoms with van der Waals surface area (Å²) in [5.74, 6) is -7.60. The summed E-state index contributed by atoms with van der Waals surface area (Å²) in [6.45, 7) is 0.252. The first-order chi connectivity index (χ1) is 18.6. The Kier molecular flexibility index (Phi) is 16.4. The highest BCUT2D eigenvalue weighted by Crippen LogP contribution is 2.05. The van der Waals surface area contributed by atoms with E-state index in [0.29, 0.717) is 6.42 Å². The lowest BCUT2D eigenvalue weighted by Gasteiger charge is -2.24. The van der Waals surface area contributed by atoms with Crippen molar-refractivity contribution in [3.8, 4) is 0 Å². The molecular formula is C21H38N10O9. The number of guanidine groups is 2. The number of nitrogens with zero attached hydrogens (tertiary/aromatic N) is 2. The third-order valence-corrected chi connectivity index (χ3v) is 5.16. The van der Waals surface area contributed by atoms with Gasteiger partial charge in [0.15, 0.2) is 11.9 Å². The average Bonchev–Trinajstić information content (AvgIpc) is 2.84. The van der Waals surface area contributed by atoms with E-state index < -0.39 is 79.1 Å². The minimum absolute atomic E-state index is 0.0775. The first-order valence-corrected chi connectivity index (χ1v) is 12.1. The van der Waals surface area contributed by atoms with Crippen LogP contribution in [0.4, 0.5) is 0 Å². The second-order valence-electron chi connectivity index (χ2n) is 8.56. The summed E-state index contributed by atoms with van der Waals surface area (Å²) in [5.41, 5.74) is 26.6. The van der Waals surface area contributed by atoms with E-state index >= 15 is 0 Å². The van der Waals surface area contributed by atoms with Gasteiger partial charge in [-0.3, -0.25) is 34.0 Å². The smallest absolute Gasteiger partial charge is 0.326 e. The topological polar surface area (TPSA) is 354 Å². The lowest BCUT2D eigenvalue weighted by atomic mass is 10.1. The molecule has 4 atom stereocenters. The Bertz CT molecular complexity index is 965. The van der Waals surface area contributed by atoms with Gasteiger partial charge >= 0.3 is 17.9 Å². The average molecular weight is 575 g/mol. The van der Waals surface area contributed by atoms with Crippen LogP contribution in [-0.4, -0.2) is 100 Å². The molecule has 0 heterocycles. The van der Waals surface area contributed by atoms with Crippen LogP contribution >= 0.6 is 0 Å². The predicted molar refractivity (Wildman–Crippen MR) is 140 cm³/mol. The van der Waals surface area contributed by atoms with Crippen molar-refractivity contribution < 1.29 is 44.1 Å². The Balaban J connectivity index is 5.51. The normalized spacial score (nSPS) is 13.4. The molecule has 16 N–H and O–H groups in total. The molecule has 3 amide bonds. The SMILES string of the molecule is NC(N)=NCCCC(N)C(=O)NC(CC(=O)O)C(=O)NC(CCC(=O)O)C(=O)NC(CCCN=C(N)N)C(=O)O. The number of rotatable bonds is 20. The summed E-state index contributed by atoms with van der Waals surface area (Å²) in [5, 5.41) is 34.2. The summed E-state index contributed by atoms with van der Waals surface area (Å²) >= 11 is 0. The van der Waals surface area contributed by atoms with Gasteiger partial charge in [0.25, 0.3) is 0 Å². The lowest BCUT2D eigenvalue weighted by molar-refractivity contribution is -0.143. The van der Waals surface area contributed by atoms with Gasteiger partial charge in [-0.2, -0.15) is 0 Å². The van der Waals surface area contributed by atoms with Gasteiger partial charge in [0, 0.05) is 19.5 Å². The zero-order valence-corrected chi connectivity index (χ0v) is 21.7. The van der Waals surface area contributed by atoms with E-state index in [1.54, 1.807) is 0 Å². The van der Waals surface area contributed by atoms with E-state index in [0.717, 1.165) is 0 Å². The maximum atomic E-state index is 12.9. The van der Waals surface area contributed by atoms with Gasteiger partial charge in [-0.25, -0.2) is 4.79 Å². The van der Waals surface area contributed by atoms with Gasteiger partial charge in [0.1, 0.15) is 18.1 Å². The number of nitrogens with two attached hydrogens (primary N) is 5. The van der Waals surface area contributed by atoms with Gasteiger partial charge in [0.05, 0.1) is 12.5 Å². The van der Waals surface area contributed by atoms with Crippen LogP contribution in [0.1, 0.15) is 44.9 Å². The van der Waals surface area contributed by atoms with Crippen molar-refractivity contribution in [3.63, 3.8) is 0 Å². The molecular weight excluding hydrogens is 536 g/mol. The Labute approximate surface area is 229 Å². The minimum Gasteiger partial charge on any atom is -0.481 e. The van der Waals surface area contributed by atoms with Gasteiger partial charge in [-0.05, 0) is 32.1 Å². The van der Waals surface area contributed by atoms with Crippen LogP contribution in [0, 0.1) is 0 Å². The minimum atomic E-state index is -1.69. The first-order valence-electron chi connectivity index (χ1n) is 12.1. The number of aliphatic imine (C=N–C) groups is 2. The molecule has 226 valence electrons. The molecule has 4 unspecified atom stereocenters. The number of nitrogens with one attached hydrogen (secondary N) is 3. The van der Waals surface area contributed by atoms with E-state index in [-0.39, 0.29) is 44.3 Å². The molecule has 40 heavy (non-hydrogen) atoms. The molecule has 0 aromatic rings. The fourth-order valence-corrected chi connectivity index (χ4v) is 3.16. The fourth-order valence-electron chi connectivity index (χ4n) is 3.16. The van der Waals surface area contributed by atoms with Crippen LogP contribution in [0.15, 0.2) is 9.98 Å². The van der Waals surface area contributed by atoms with Crippen molar-refractivity contribution >= 4 is 47.5 Å². The standard InChI is InChI=1S/C21H38N10O9/c22-10(3-1-7-27-20(23)24)16(36)31-13(9-15(34)35)18(38)29-11(5-6-14(32)33)17(37)30-12(19(39)40)4-2-8-28-21(25)26/h10-13H,1-9,22H2,(H,29,38)(H,30,37)(H,31,36)(H,32,33)(H,34,35)(H,39,40)(H4,23,24,27)(H4,25,26,28). The molecule has 0 aliphatic rings. The second-order valence-corrected chi connectivity index (χ2v) is 8.56. The van der Waals surface area contributed by atoms with Crippen molar-refractivity contribution in [3.05, 3.63) is 0 Å². The third-order valence-electron chi connectivity index (χ3n) is 5.16. The van der Waals surface area contributed by atoms with Crippen molar-refractivity contribution in [1.29, 1.82) is 0 Å². The molecule has 0 aliphatic heterocycles. The number of carboxylic acids is 3. The third kappa shape index (κ3) is 16.2. The quantitative estimate of drug-likeness (QED) is 0.0369. The van der Waals surface area contributed by atoms with Crippen molar-refractivity contribution in [2.24, 2.45) is 38.7 Å². The highest BCUT2D eigenvalue weighted by Gasteiger charge is 2.31. The molecule has 0 spiro atoms. The van der Waals surface area contributed by atoms with Crippen LogP contribution in [0.5, 0.6) is 0 Å².